The molecule has 7 nitrogen and oxygen atoms in total. The quantitative estimate of drug-likeness (QED) is 0.611. The fourth-order valence-corrected chi connectivity index (χ4v) is 2.24. The first kappa shape index (κ1) is 13.6. The van der Waals surface area contributed by atoms with Crippen molar-refractivity contribution in [3.05, 3.63) is 28.3 Å². The van der Waals surface area contributed by atoms with Crippen molar-refractivity contribution in [3.8, 4) is 5.75 Å². The molecule has 1 aromatic carbocycles. The Hall–Kier alpha value is -1.86. The van der Waals surface area contributed by atoms with E-state index in [2.05, 4.69) is 10.6 Å². The SMILES string of the molecule is COc1cccc(NC2CNC[C@@H]2OC)c1[N+](=O)[O-]. The molecule has 1 fully saturated rings. The molecule has 1 heterocycles. The summed E-state index contributed by atoms with van der Waals surface area (Å²) in [5, 5.41) is 17.5. The molecule has 104 valence electrons. The van der Waals surface area contributed by atoms with Gasteiger partial charge < -0.3 is 20.1 Å². The van der Waals surface area contributed by atoms with Crippen LogP contribution in [0.5, 0.6) is 5.75 Å². The van der Waals surface area contributed by atoms with E-state index in [-0.39, 0.29) is 23.6 Å². The molecule has 1 unspecified atom stereocenters. The Morgan fingerprint density at radius 3 is 2.84 bits per heavy atom. The topological polar surface area (TPSA) is 85.7 Å². The third-order valence-corrected chi connectivity index (χ3v) is 3.20. The summed E-state index contributed by atoms with van der Waals surface area (Å²) in [4.78, 5) is 10.7. The van der Waals surface area contributed by atoms with Gasteiger partial charge in [-0.1, -0.05) is 6.07 Å². The van der Waals surface area contributed by atoms with Gasteiger partial charge in [0.1, 0.15) is 5.69 Å². The Balaban J connectivity index is 2.27. The Labute approximate surface area is 111 Å². The van der Waals surface area contributed by atoms with Gasteiger partial charge >= 0.3 is 5.69 Å². The highest BCUT2D eigenvalue weighted by Crippen LogP contribution is 2.35. The van der Waals surface area contributed by atoms with Gasteiger partial charge in [0.2, 0.25) is 0 Å². The van der Waals surface area contributed by atoms with E-state index in [1.54, 1.807) is 25.3 Å². The highest BCUT2D eigenvalue weighted by molar-refractivity contribution is 5.68. The van der Waals surface area contributed by atoms with Gasteiger partial charge in [0.05, 0.1) is 24.2 Å². The van der Waals surface area contributed by atoms with Crippen molar-refractivity contribution in [2.24, 2.45) is 0 Å². The molecule has 2 atom stereocenters. The average Bonchev–Trinajstić information content (AvgIpc) is 2.85. The second kappa shape index (κ2) is 5.85. The summed E-state index contributed by atoms with van der Waals surface area (Å²) in [7, 11) is 3.05. The maximum atomic E-state index is 11.2. The standard InChI is InChI=1S/C12H17N3O4/c1-18-10-5-3-4-8(12(10)15(16)17)14-9-6-13-7-11(9)19-2/h3-5,9,11,13-14H,6-7H2,1-2H3/t9?,11-/m0/s1. The monoisotopic (exact) mass is 267 g/mol. The smallest absolute Gasteiger partial charge is 0.333 e. The lowest BCUT2D eigenvalue weighted by atomic mass is 10.1. The minimum Gasteiger partial charge on any atom is -0.490 e. The van der Waals surface area contributed by atoms with Crippen LogP contribution < -0.4 is 15.4 Å². The van der Waals surface area contributed by atoms with E-state index in [1.165, 1.54) is 7.11 Å². The maximum absolute atomic E-state index is 11.2. The normalized spacial score (nSPS) is 22.2. The second-order valence-corrected chi connectivity index (χ2v) is 4.30. The number of hydrogen-bond acceptors (Lipinski definition) is 6. The van der Waals surface area contributed by atoms with Crippen molar-refractivity contribution >= 4 is 11.4 Å². The van der Waals surface area contributed by atoms with E-state index in [0.717, 1.165) is 6.54 Å². The number of anilines is 1. The number of nitrogens with one attached hydrogen (secondary N) is 2. The molecule has 1 saturated heterocycles. The highest BCUT2D eigenvalue weighted by Gasteiger charge is 2.29. The van der Waals surface area contributed by atoms with E-state index < -0.39 is 4.92 Å². The Kier molecular flexibility index (Phi) is 4.18. The summed E-state index contributed by atoms with van der Waals surface area (Å²) < 4.78 is 10.4. The number of nitro groups is 1. The van der Waals surface area contributed by atoms with Crippen LogP contribution >= 0.6 is 0 Å². The van der Waals surface area contributed by atoms with Crippen LogP contribution in [0.1, 0.15) is 0 Å². The summed E-state index contributed by atoms with van der Waals surface area (Å²) in [5.41, 5.74) is 0.395. The molecule has 19 heavy (non-hydrogen) atoms. The predicted molar refractivity (Wildman–Crippen MR) is 70.7 cm³/mol. The number of ether oxygens (including phenoxy) is 2. The highest BCUT2D eigenvalue weighted by atomic mass is 16.6. The first-order valence-corrected chi connectivity index (χ1v) is 5.98. The van der Waals surface area contributed by atoms with Gasteiger partial charge in [-0.2, -0.15) is 0 Å². The lowest BCUT2D eigenvalue weighted by Gasteiger charge is -2.20. The molecule has 7 heteroatoms. The summed E-state index contributed by atoms with van der Waals surface area (Å²) in [6.07, 6.45) is -0.00851. The molecule has 0 aliphatic carbocycles. The maximum Gasteiger partial charge on any atom is 0.333 e. The van der Waals surface area contributed by atoms with Crippen LogP contribution in [-0.4, -0.2) is 44.4 Å². The van der Waals surface area contributed by atoms with Crippen LogP contribution in [0.3, 0.4) is 0 Å². The van der Waals surface area contributed by atoms with Crippen molar-refractivity contribution in [3.63, 3.8) is 0 Å². The van der Waals surface area contributed by atoms with Gasteiger partial charge in [0.15, 0.2) is 5.75 Å². The molecular formula is C12H17N3O4. The number of nitrogens with zero attached hydrogens (tertiary/aromatic N) is 1. The summed E-state index contributed by atoms with van der Waals surface area (Å²) in [6.45, 7) is 1.43. The Bertz CT molecular complexity index is 466. The van der Waals surface area contributed by atoms with E-state index in [0.29, 0.717) is 12.2 Å². The number of rotatable bonds is 5. The number of nitro benzene ring substituents is 1. The van der Waals surface area contributed by atoms with Gasteiger partial charge in [-0.15, -0.1) is 0 Å². The minimum atomic E-state index is -0.439. The molecule has 0 bridgehead atoms. The van der Waals surface area contributed by atoms with Gasteiger partial charge in [-0.25, -0.2) is 0 Å². The Morgan fingerprint density at radius 1 is 1.42 bits per heavy atom. The summed E-state index contributed by atoms with van der Waals surface area (Å²) in [6, 6.07) is 4.96. The van der Waals surface area contributed by atoms with E-state index in [4.69, 9.17) is 9.47 Å². The van der Waals surface area contributed by atoms with Crippen LogP contribution in [0.2, 0.25) is 0 Å². The van der Waals surface area contributed by atoms with Gasteiger partial charge in [0.25, 0.3) is 0 Å². The lowest BCUT2D eigenvalue weighted by molar-refractivity contribution is -0.384. The predicted octanol–water partition coefficient (Wildman–Crippen LogP) is 1.00. The zero-order chi connectivity index (χ0) is 13.8. The van der Waals surface area contributed by atoms with Crippen LogP contribution in [0, 0.1) is 10.1 Å². The van der Waals surface area contributed by atoms with Crippen LogP contribution in [0.4, 0.5) is 11.4 Å². The fraction of sp³-hybridized carbons (Fsp3) is 0.500. The van der Waals surface area contributed by atoms with Crippen molar-refractivity contribution in [2.45, 2.75) is 12.1 Å². The average molecular weight is 267 g/mol. The van der Waals surface area contributed by atoms with Crippen LogP contribution in [-0.2, 0) is 4.74 Å². The lowest BCUT2D eigenvalue weighted by Crippen LogP contribution is -2.33. The third-order valence-electron chi connectivity index (χ3n) is 3.20. The first-order chi connectivity index (χ1) is 9.17. The number of methoxy groups -OCH3 is 2. The molecule has 0 spiro atoms. The number of hydrogen-bond donors (Lipinski definition) is 2. The molecule has 0 saturated carbocycles. The summed E-state index contributed by atoms with van der Waals surface area (Å²) in [5.74, 6) is 0.245. The largest absolute Gasteiger partial charge is 0.490 e. The molecule has 1 aromatic rings. The van der Waals surface area contributed by atoms with Crippen molar-refractivity contribution in [1.29, 1.82) is 0 Å². The minimum absolute atomic E-state index is 0.00388. The molecule has 2 rings (SSSR count). The van der Waals surface area contributed by atoms with E-state index >= 15 is 0 Å². The van der Waals surface area contributed by atoms with Crippen molar-refractivity contribution in [1.82, 2.24) is 5.32 Å². The fourth-order valence-electron chi connectivity index (χ4n) is 2.24. The van der Waals surface area contributed by atoms with Gasteiger partial charge in [-0.3, -0.25) is 10.1 Å². The molecule has 1 aliphatic rings. The molecule has 2 N–H and O–H groups in total. The van der Waals surface area contributed by atoms with E-state index in [9.17, 15) is 10.1 Å². The molecule has 0 aromatic heterocycles. The molecular weight excluding hydrogens is 250 g/mol. The zero-order valence-electron chi connectivity index (χ0n) is 10.9. The third kappa shape index (κ3) is 2.77. The first-order valence-electron chi connectivity index (χ1n) is 5.98. The van der Waals surface area contributed by atoms with Crippen molar-refractivity contribution < 1.29 is 14.4 Å². The molecule has 0 radical (unpaired) electrons. The number of benzene rings is 1. The number of para-hydroxylation sites is 1. The zero-order valence-corrected chi connectivity index (χ0v) is 10.9. The van der Waals surface area contributed by atoms with Gasteiger partial charge in [0, 0.05) is 20.2 Å². The molecule has 1 aliphatic heterocycles. The van der Waals surface area contributed by atoms with Crippen molar-refractivity contribution in [2.75, 3.05) is 32.6 Å². The second-order valence-electron chi connectivity index (χ2n) is 4.30. The molecule has 0 amide bonds. The Morgan fingerprint density at radius 2 is 2.21 bits per heavy atom. The van der Waals surface area contributed by atoms with Crippen LogP contribution in [0.15, 0.2) is 18.2 Å². The van der Waals surface area contributed by atoms with Gasteiger partial charge in [-0.05, 0) is 12.1 Å². The summed E-state index contributed by atoms with van der Waals surface area (Å²) >= 11 is 0. The van der Waals surface area contributed by atoms with Crippen LogP contribution in [0.25, 0.3) is 0 Å². The van der Waals surface area contributed by atoms with E-state index in [1.807, 2.05) is 0 Å².